The molecule has 1 N–H and O–H groups in total. The van der Waals surface area contributed by atoms with Gasteiger partial charge in [-0.15, -0.1) is 0 Å². The van der Waals surface area contributed by atoms with Crippen LogP contribution in [0.1, 0.15) is 37.8 Å². The number of amides is 1. The molecule has 0 spiro atoms. The number of likely N-dealkylation sites (tertiary alicyclic amines) is 1. The van der Waals surface area contributed by atoms with E-state index < -0.39 is 0 Å². The van der Waals surface area contributed by atoms with Gasteiger partial charge in [-0.3, -0.25) is 14.5 Å². The lowest BCUT2D eigenvalue weighted by Crippen LogP contribution is -2.43. The SMILES string of the molecule is COC(=O)C[C@@H](C)NC(=O)[C@@H](c1ccccc1)N1CCCC1. The Bertz CT molecular complexity index is 498. The molecule has 1 fully saturated rings. The topological polar surface area (TPSA) is 58.6 Å². The maximum Gasteiger partial charge on any atom is 0.307 e. The van der Waals surface area contributed by atoms with Crippen LogP contribution in [0.15, 0.2) is 30.3 Å². The molecular weight excluding hydrogens is 280 g/mol. The Balaban J connectivity index is 2.08. The fourth-order valence-corrected chi connectivity index (χ4v) is 2.87. The Kier molecular flexibility index (Phi) is 5.95. The van der Waals surface area contributed by atoms with E-state index in [9.17, 15) is 9.59 Å². The molecule has 0 aliphatic carbocycles. The number of nitrogens with zero attached hydrogens (tertiary/aromatic N) is 1. The predicted molar refractivity (Wildman–Crippen MR) is 84.2 cm³/mol. The van der Waals surface area contributed by atoms with Crippen LogP contribution in [-0.2, 0) is 14.3 Å². The lowest BCUT2D eigenvalue weighted by molar-refractivity contribution is -0.141. The van der Waals surface area contributed by atoms with Crippen LogP contribution in [0.4, 0.5) is 0 Å². The minimum Gasteiger partial charge on any atom is -0.469 e. The number of carbonyl (C=O) groups excluding carboxylic acids is 2. The molecule has 0 aromatic heterocycles. The second-order valence-corrected chi connectivity index (χ2v) is 5.75. The van der Waals surface area contributed by atoms with Crippen molar-refractivity contribution < 1.29 is 14.3 Å². The van der Waals surface area contributed by atoms with Gasteiger partial charge in [0.2, 0.25) is 5.91 Å². The number of nitrogens with one attached hydrogen (secondary N) is 1. The number of benzene rings is 1. The van der Waals surface area contributed by atoms with E-state index in [1.165, 1.54) is 7.11 Å². The number of esters is 1. The summed E-state index contributed by atoms with van der Waals surface area (Å²) in [6, 6.07) is 9.27. The molecule has 1 saturated heterocycles. The van der Waals surface area contributed by atoms with E-state index in [1.807, 2.05) is 37.3 Å². The zero-order chi connectivity index (χ0) is 15.9. The molecule has 1 aromatic carbocycles. The third kappa shape index (κ3) is 4.31. The van der Waals surface area contributed by atoms with E-state index in [2.05, 4.69) is 15.0 Å². The lowest BCUT2D eigenvalue weighted by Gasteiger charge is -2.28. The number of methoxy groups -OCH3 is 1. The monoisotopic (exact) mass is 304 g/mol. The van der Waals surface area contributed by atoms with Crippen LogP contribution >= 0.6 is 0 Å². The molecule has 0 saturated carbocycles. The second kappa shape index (κ2) is 7.94. The summed E-state index contributed by atoms with van der Waals surface area (Å²) in [5.74, 6) is -0.366. The number of hydrogen-bond acceptors (Lipinski definition) is 4. The molecule has 5 nitrogen and oxygen atoms in total. The van der Waals surface area contributed by atoms with Gasteiger partial charge in [0.05, 0.1) is 13.5 Å². The first kappa shape index (κ1) is 16.5. The molecule has 1 aromatic rings. The Morgan fingerprint density at radius 3 is 2.45 bits per heavy atom. The van der Waals surface area contributed by atoms with Crippen LogP contribution in [0.3, 0.4) is 0 Å². The maximum atomic E-state index is 12.7. The van der Waals surface area contributed by atoms with Crippen LogP contribution < -0.4 is 5.32 Å². The van der Waals surface area contributed by atoms with Crippen molar-refractivity contribution in [3.8, 4) is 0 Å². The Morgan fingerprint density at radius 2 is 1.86 bits per heavy atom. The van der Waals surface area contributed by atoms with Crippen LogP contribution in [0.2, 0.25) is 0 Å². The van der Waals surface area contributed by atoms with Crippen molar-refractivity contribution in [3.63, 3.8) is 0 Å². The highest BCUT2D eigenvalue weighted by atomic mass is 16.5. The van der Waals surface area contributed by atoms with Gasteiger partial charge in [-0.25, -0.2) is 0 Å². The molecular formula is C17H24N2O3. The van der Waals surface area contributed by atoms with Crippen molar-refractivity contribution in [2.45, 2.75) is 38.3 Å². The Morgan fingerprint density at radius 1 is 1.23 bits per heavy atom. The highest BCUT2D eigenvalue weighted by Gasteiger charge is 2.30. The fourth-order valence-electron chi connectivity index (χ4n) is 2.87. The van der Waals surface area contributed by atoms with Crippen LogP contribution in [0.25, 0.3) is 0 Å². The second-order valence-electron chi connectivity index (χ2n) is 5.75. The normalized spacial score (nSPS) is 17.7. The van der Waals surface area contributed by atoms with Gasteiger partial charge in [0, 0.05) is 6.04 Å². The molecule has 0 unspecified atom stereocenters. The summed E-state index contributed by atoms with van der Waals surface area (Å²) >= 11 is 0. The minimum atomic E-state index is -0.315. The van der Waals surface area contributed by atoms with Crippen LogP contribution in [0.5, 0.6) is 0 Å². The van der Waals surface area contributed by atoms with E-state index >= 15 is 0 Å². The number of ether oxygens (including phenoxy) is 1. The molecule has 2 atom stereocenters. The quantitative estimate of drug-likeness (QED) is 0.815. The van der Waals surface area contributed by atoms with E-state index in [0.29, 0.717) is 0 Å². The summed E-state index contributed by atoms with van der Waals surface area (Å²) in [6.07, 6.45) is 2.42. The maximum absolute atomic E-state index is 12.7. The fraction of sp³-hybridized carbons (Fsp3) is 0.529. The summed E-state index contributed by atoms with van der Waals surface area (Å²) in [5.41, 5.74) is 0.993. The van der Waals surface area contributed by atoms with Gasteiger partial charge >= 0.3 is 5.97 Å². The van der Waals surface area contributed by atoms with Crippen LogP contribution in [-0.4, -0.2) is 43.0 Å². The molecule has 120 valence electrons. The largest absolute Gasteiger partial charge is 0.469 e. The average molecular weight is 304 g/mol. The van der Waals surface area contributed by atoms with Gasteiger partial charge in [0.1, 0.15) is 6.04 Å². The summed E-state index contributed by atoms with van der Waals surface area (Å²) in [5, 5.41) is 2.94. The summed E-state index contributed by atoms with van der Waals surface area (Å²) < 4.78 is 4.65. The first-order chi connectivity index (χ1) is 10.6. The number of hydrogen-bond donors (Lipinski definition) is 1. The zero-order valence-electron chi connectivity index (χ0n) is 13.2. The third-order valence-corrected chi connectivity index (χ3v) is 3.96. The Hall–Kier alpha value is -1.88. The third-order valence-electron chi connectivity index (χ3n) is 3.96. The van der Waals surface area contributed by atoms with E-state index in [0.717, 1.165) is 31.5 Å². The van der Waals surface area contributed by atoms with Gasteiger partial charge in [-0.2, -0.15) is 0 Å². The number of rotatable bonds is 6. The molecule has 5 heteroatoms. The van der Waals surface area contributed by atoms with Crippen molar-refractivity contribution in [2.75, 3.05) is 20.2 Å². The first-order valence-corrected chi connectivity index (χ1v) is 7.78. The van der Waals surface area contributed by atoms with Gasteiger partial charge in [-0.05, 0) is 38.4 Å². The predicted octanol–water partition coefficient (Wildman–Crippen LogP) is 1.89. The highest BCUT2D eigenvalue weighted by molar-refractivity contribution is 5.84. The molecule has 1 amide bonds. The zero-order valence-corrected chi connectivity index (χ0v) is 13.2. The van der Waals surface area contributed by atoms with Crippen molar-refractivity contribution in [1.82, 2.24) is 10.2 Å². The average Bonchev–Trinajstić information content (AvgIpc) is 3.02. The standard InChI is InChI=1S/C17H24N2O3/c1-13(12-15(20)22-2)18-17(21)16(19-10-6-7-11-19)14-8-4-3-5-9-14/h3-5,8-9,13,16H,6-7,10-12H2,1-2H3,(H,18,21)/t13-,16-/m1/s1. The van der Waals surface area contributed by atoms with Crippen molar-refractivity contribution in [2.24, 2.45) is 0 Å². The number of carbonyl (C=O) groups is 2. The Labute approximate surface area is 131 Å². The highest BCUT2D eigenvalue weighted by Crippen LogP contribution is 2.25. The lowest BCUT2D eigenvalue weighted by atomic mass is 10.0. The molecule has 1 aliphatic rings. The van der Waals surface area contributed by atoms with E-state index in [1.54, 1.807) is 0 Å². The van der Waals surface area contributed by atoms with Crippen LogP contribution in [0, 0.1) is 0 Å². The summed E-state index contributed by atoms with van der Waals surface area (Å²) in [7, 11) is 1.36. The van der Waals surface area contributed by atoms with Crippen molar-refractivity contribution in [3.05, 3.63) is 35.9 Å². The molecule has 2 rings (SSSR count). The van der Waals surface area contributed by atoms with E-state index in [4.69, 9.17) is 0 Å². The van der Waals surface area contributed by atoms with Crippen molar-refractivity contribution >= 4 is 11.9 Å². The minimum absolute atomic E-state index is 0.0514. The van der Waals surface area contributed by atoms with Gasteiger partial charge in [0.25, 0.3) is 0 Å². The smallest absolute Gasteiger partial charge is 0.307 e. The molecule has 1 aliphatic heterocycles. The van der Waals surface area contributed by atoms with Crippen molar-refractivity contribution in [1.29, 1.82) is 0 Å². The first-order valence-electron chi connectivity index (χ1n) is 7.78. The summed E-state index contributed by atoms with van der Waals surface area (Å²) in [6.45, 7) is 3.68. The van der Waals surface area contributed by atoms with E-state index in [-0.39, 0.29) is 30.4 Å². The molecule has 0 bridgehead atoms. The van der Waals surface area contributed by atoms with Gasteiger partial charge in [0.15, 0.2) is 0 Å². The molecule has 1 heterocycles. The van der Waals surface area contributed by atoms with Gasteiger partial charge in [-0.1, -0.05) is 30.3 Å². The molecule has 0 radical (unpaired) electrons. The summed E-state index contributed by atoms with van der Waals surface area (Å²) in [4.78, 5) is 26.2. The molecule has 22 heavy (non-hydrogen) atoms. The van der Waals surface area contributed by atoms with Gasteiger partial charge < -0.3 is 10.1 Å².